The average Bonchev–Trinajstić information content (AvgIpc) is 3.08. The van der Waals surface area contributed by atoms with Crippen molar-refractivity contribution < 1.29 is 6.16 Å². The van der Waals surface area contributed by atoms with E-state index in [1.807, 2.05) is 13.1 Å². The first kappa shape index (κ1) is 23.9. The summed E-state index contributed by atoms with van der Waals surface area (Å²) in [6, 6.07) is 8.56. The number of nitrogens with zero attached hydrogens (tertiary/aromatic N) is 6. The highest BCUT2D eigenvalue weighted by Gasteiger charge is 2.31. The molecule has 2 aliphatic rings. The highest BCUT2D eigenvalue weighted by atomic mass is 16.5. The van der Waals surface area contributed by atoms with E-state index in [0.717, 1.165) is 90.0 Å². The van der Waals surface area contributed by atoms with Crippen molar-refractivity contribution in [3.8, 4) is 16.9 Å². The summed E-state index contributed by atoms with van der Waals surface area (Å²) in [5, 5.41) is 0. The largest absolute Gasteiger partial charge is 0.491 e. The molecule has 0 unspecified atom stereocenters. The molecule has 0 saturated carbocycles. The molecule has 0 radical (unpaired) electrons. The predicted molar refractivity (Wildman–Crippen MR) is 148 cm³/mol. The fourth-order valence-corrected chi connectivity index (χ4v) is 5.53. The molecule has 0 saturated heterocycles. The lowest BCUT2D eigenvalue weighted by molar-refractivity contribution is 0.308. The number of H-pyrrole nitrogens is 1. The fraction of sp³-hybridized carbons (Fsp3) is 0.448. The van der Waals surface area contributed by atoms with Crippen LogP contribution in [0.5, 0.6) is 5.75 Å². The molecule has 3 aromatic heterocycles. The van der Waals surface area contributed by atoms with Gasteiger partial charge >= 0.3 is 0 Å². The third-order valence-electron chi connectivity index (χ3n) is 7.40. The molecular formula is C29H37N7O. The molecule has 0 spiro atoms. The van der Waals surface area contributed by atoms with Crippen LogP contribution >= 0.6 is 0 Å². The van der Waals surface area contributed by atoms with Gasteiger partial charge in [-0.1, -0.05) is 19.9 Å². The van der Waals surface area contributed by atoms with Gasteiger partial charge in [0.1, 0.15) is 29.8 Å². The molecular weight excluding hydrogens is 462 g/mol. The molecule has 6 rings (SSSR count). The molecule has 37 heavy (non-hydrogen) atoms. The molecule has 8 heteroatoms. The van der Waals surface area contributed by atoms with Crippen LogP contribution in [-0.2, 0) is 25.9 Å². The van der Waals surface area contributed by atoms with Gasteiger partial charge in [-0.2, -0.15) is 0 Å². The Labute approximate surface area is 219 Å². The third kappa shape index (κ3) is 4.78. The van der Waals surface area contributed by atoms with Crippen molar-refractivity contribution in [1.29, 1.82) is 0 Å². The number of aromatic amines is 1. The SMILES string of the molecule is Cc1nc2ncc(-c3ccc4c(c3)CN(c3nc(CN(C)C)nc5c3CC(C)(C)CC5)CCO4)cc2[nH]1.[HH]. The Hall–Kier alpha value is -3.52. The summed E-state index contributed by atoms with van der Waals surface area (Å²) in [7, 11) is 4.14. The Balaban J connectivity index is 0.00000294. The van der Waals surface area contributed by atoms with E-state index >= 15 is 0 Å². The lowest BCUT2D eigenvalue weighted by Gasteiger charge is -2.34. The normalized spacial score (nSPS) is 16.9. The van der Waals surface area contributed by atoms with Crippen molar-refractivity contribution in [2.75, 3.05) is 32.1 Å². The number of hydrogen-bond acceptors (Lipinski definition) is 7. The Morgan fingerprint density at radius 2 is 2.00 bits per heavy atom. The van der Waals surface area contributed by atoms with Crippen LogP contribution in [0, 0.1) is 12.3 Å². The van der Waals surface area contributed by atoms with Crippen molar-refractivity contribution in [2.24, 2.45) is 5.41 Å². The van der Waals surface area contributed by atoms with Crippen molar-refractivity contribution in [3.63, 3.8) is 0 Å². The molecule has 1 aliphatic heterocycles. The Morgan fingerprint density at radius 3 is 2.84 bits per heavy atom. The summed E-state index contributed by atoms with van der Waals surface area (Å²) in [4.78, 5) is 27.0. The molecule has 1 N–H and O–H groups in total. The third-order valence-corrected chi connectivity index (χ3v) is 7.40. The van der Waals surface area contributed by atoms with Crippen LogP contribution in [0.15, 0.2) is 30.5 Å². The number of rotatable bonds is 4. The van der Waals surface area contributed by atoms with Crippen LogP contribution in [0.2, 0.25) is 0 Å². The van der Waals surface area contributed by atoms with Crippen LogP contribution in [-0.4, -0.2) is 57.1 Å². The fourth-order valence-electron chi connectivity index (χ4n) is 5.53. The zero-order valence-electron chi connectivity index (χ0n) is 22.4. The van der Waals surface area contributed by atoms with Gasteiger partial charge in [0.05, 0.1) is 18.6 Å². The first-order chi connectivity index (χ1) is 17.7. The molecule has 0 bridgehead atoms. The number of pyridine rings is 1. The van der Waals surface area contributed by atoms with E-state index in [-0.39, 0.29) is 6.84 Å². The van der Waals surface area contributed by atoms with Gasteiger partial charge in [0, 0.05) is 36.6 Å². The van der Waals surface area contributed by atoms with Crippen LogP contribution in [0.4, 0.5) is 5.82 Å². The standard InChI is InChI=1S/C29H35N7O.H2/c1-18-31-24-13-20(15-30-27(24)32-18)19-6-7-25-21(12-19)16-36(10-11-37-25)28-22-14-29(2,3)9-8-23(22)33-26(34-28)17-35(4)5;/h6-7,12-13,15H,8-11,14,16-17H2,1-5H3,(H,30,31,32);1H. The number of anilines is 1. The van der Waals surface area contributed by atoms with Gasteiger partial charge in [-0.3, -0.25) is 0 Å². The maximum Gasteiger partial charge on any atom is 0.177 e. The summed E-state index contributed by atoms with van der Waals surface area (Å²) < 4.78 is 6.22. The van der Waals surface area contributed by atoms with Crippen molar-refractivity contribution in [1.82, 2.24) is 29.8 Å². The van der Waals surface area contributed by atoms with Crippen LogP contribution in [0.25, 0.3) is 22.3 Å². The number of nitrogens with one attached hydrogen (secondary N) is 1. The monoisotopic (exact) mass is 499 g/mol. The van der Waals surface area contributed by atoms with Crippen molar-refractivity contribution in [2.45, 2.75) is 53.1 Å². The molecule has 194 valence electrons. The van der Waals surface area contributed by atoms with Gasteiger partial charge in [0.2, 0.25) is 0 Å². The number of ether oxygens (including phenoxy) is 1. The zero-order valence-corrected chi connectivity index (χ0v) is 22.4. The first-order valence-electron chi connectivity index (χ1n) is 13.1. The zero-order chi connectivity index (χ0) is 25.7. The van der Waals surface area contributed by atoms with E-state index in [0.29, 0.717) is 6.61 Å². The van der Waals surface area contributed by atoms with Gasteiger partial charge in [0.15, 0.2) is 5.65 Å². The number of hydrogen-bond donors (Lipinski definition) is 1. The molecule has 8 nitrogen and oxygen atoms in total. The molecule has 4 aromatic rings. The molecule has 0 atom stereocenters. The summed E-state index contributed by atoms with van der Waals surface area (Å²) in [5.41, 5.74) is 7.80. The Kier molecular flexibility index (Phi) is 5.87. The minimum Gasteiger partial charge on any atom is -0.491 e. The summed E-state index contributed by atoms with van der Waals surface area (Å²) in [5.74, 6) is 3.78. The second-order valence-electron chi connectivity index (χ2n) is 11.5. The lowest BCUT2D eigenvalue weighted by atomic mass is 9.76. The molecule has 0 amide bonds. The van der Waals surface area contributed by atoms with Gasteiger partial charge in [0.25, 0.3) is 0 Å². The maximum absolute atomic E-state index is 6.22. The topological polar surface area (TPSA) is 83.1 Å². The van der Waals surface area contributed by atoms with Gasteiger partial charge in [-0.05, 0) is 69.5 Å². The lowest BCUT2D eigenvalue weighted by Crippen LogP contribution is -2.32. The van der Waals surface area contributed by atoms with Gasteiger partial charge in [-0.15, -0.1) is 0 Å². The predicted octanol–water partition coefficient (Wildman–Crippen LogP) is 4.94. The number of fused-ring (bicyclic) bond motifs is 3. The molecule has 4 heterocycles. The second-order valence-corrected chi connectivity index (χ2v) is 11.5. The highest BCUT2D eigenvalue weighted by Crippen LogP contribution is 2.39. The summed E-state index contributed by atoms with van der Waals surface area (Å²) in [6.07, 6.45) is 5.06. The Bertz CT molecular complexity index is 1480. The number of aryl methyl sites for hydroxylation is 2. The van der Waals surface area contributed by atoms with E-state index in [1.165, 1.54) is 11.3 Å². The van der Waals surface area contributed by atoms with E-state index in [4.69, 9.17) is 14.7 Å². The van der Waals surface area contributed by atoms with Crippen molar-refractivity contribution >= 4 is 17.0 Å². The van der Waals surface area contributed by atoms with Crippen molar-refractivity contribution in [3.05, 3.63) is 58.9 Å². The van der Waals surface area contributed by atoms with E-state index < -0.39 is 0 Å². The van der Waals surface area contributed by atoms with Crippen LogP contribution in [0.3, 0.4) is 0 Å². The second kappa shape index (κ2) is 9.10. The van der Waals surface area contributed by atoms with Crippen LogP contribution < -0.4 is 9.64 Å². The molecule has 1 aromatic carbocycles. The van der Waals surface area contributed by atoms with Gasteiger partial charge < -0.3 is 19.5 Å². The average molecular weight is 500 g/mol. The van der Waals surface area contributed by atoms with E-state index in [1.54, 1.807) is 0 Å². The smallest absolute Gasteiger partial charge is 0.177 e. The van der Waals surface area contributed by atoms with Gasteiger partial charge in [-0.25, -0.2) is 19.9 Å². The molecule has 0 fully saturated rings. The summed E-state index contributed by atoms with van der Waals surface area (Å²) >= 11 is 0. The quantitative estimate of drug-likeness (QED) is 0.426. The van der Waals surface area contributed by atoms with E-state index in [2.05, 4.69) is 77.0 Å². The maximum atomic E-state index is 6.22. The number of benzene rings is 1. The minimum absolute atomic E-state index is 0. The minimum atomic E-state index is 0. The van der Waals surface area contributed by atoms with Crippen LogP contribution in [0.1, 0.15) is 50.2 Å². The van der Waals surface area contributed by atoms with E-state index in [9.17, 15) is 0 Å². The number of aromatic nitrogens is 5. The number of imidazole rings is 1. The Morgan fingerprint density at radius 1 is 1.14 bits per heavy atom. The highest BCUT2D eigenvalue weighted by molar-refractivity contribution is 5.78. The molecule has 1 aliphatic carbocycles. The first-order valence-corrected chi connectivity index (χ1v) is 13.1. The summed E-state index contributed by atoms with van der Waals surface area (Å²) in [6.45, 7) is 9.55.